The van der Waals surface area contributed by atoms with Crippen molar-refractivity contribution >= 4 is 0 Å². The molecule has 0 aromatic carbocycles. The first kappa shape index (κ1) is 16.0. The molecule has 3 N–H and O–H groups in total. The molecule has 4 heteroatoms. The fraction of sp³-hybridized carbons (Fsp3) is 0.895. The number of aliphatic hydroxyl groups is 1. The summed E-state index contributed by atoms with van der Waals surface area (Å²) in [7, 11) is 0. The minimum Gasteiger partial charge on any atom is -0.393 e. The molecule has 7 atom stereocenters. The largest absolute Gasteiger partial charge is 0.393 e. The van der Waals surface area contributed by atoms with Crippen LogP contribution in [0, 0.1) is 28.6 Å². The maximum Gasteiger partial charge on any atom is 0.263 e. The van der Waals surface area contributed by atoms with Gasteiger partial charge in [0.15, 0.2) is 0 Å². The summed E-state index contributed by atoms with van der Waals surface area (Å²) in [6, 6.07) is -0.993. The fourth-order valence-corrected chi connectivity index (χ4v) is 6.66. The van der Waals surface area contributed by atoms with Crippen LogP contribution in [-0.2, 0) is 0 Å². The van der Waals surface area contributed by atoms with Crippen LogP contribution in [0.25, 0.3) is 0 Å². The molecule has 130 valence electrons. The van der Waals surface area contributed by atoms with E-state index in [9.17, 15) is 13.9 Å². The fourth-order valence-electron chi connectivity index (χ4n) is 6.66. The molecule has 0 radical (unpaired) electrons. The van der Waals surface area contributed by atoms with Crippen molar-refractivity contribution in [3.63, 3.8) is 0 Å². The Morgan fingerprint density at radius 3 is 2.65 bits per heavy atom. The Kier molecular flexibility index (Phi) is 3.33. The first-order chi connectivity index (χ1) is 10.7. The smallest absolute Gasteiger partial charge is 0.263 e. The van der Waals surface area contributed by atoms with Crippen molar-refractivity contribution in [2.75, 3.05) is 0 Å². The van der Waals surface area contributed by atoms with Crippen molar-refractivity contribution in [1.29, 1.82) is 0 Å². The molecule has 4 aliphatic carbocycles. The molecule has 3 saturated carbocycles. The minimum absolute atomic E-state index is 0.0340. The zero-order chi connectivity index (χ0) is 16.6. The average Bonchev–Trinajstić information content (AvgIpc) is 2.68. The Morgan fingerprint density at radius 2 is 1.91 bits per heavy atom. The van der Waals surface area contributed by atoms with E-state index in [1.165, 1.54) is 5.57 Å². The highest BCUT2D eigenvalue weighted by Gasteiger charge is 2.65. The average molecular weight is 325 g/mol. The number of hydrogen-bond acceptors (Lipinski definition) is 2. The molecule has 4 rings (SSSR count). The Balaban J connectivity index is 1.70. The lowest BCUT2D eigenvalue weighted by Gasteiger charge is -2.57. The molecule has 0 bridgehead atoms. The predicted octanol–water partition coefficient (Wildman–Crippen LogP) is 3.88. The van der Waals surface area contributed by atoms with Crippen LogP contribution in [0.5, 0.6) is 0 Å². The quantitative estimate of drug-likeness (QED) is 0.664. The highest BCUT2D eigenvalue weighted by atomic mass is 19.3. The van der Waals surface area contributed by atoms with Crippen molar-refractivity contribution in [3.05, 3.63) is 11.6 Å². The van der Waals surface area contributed by atoms with Gasteiger partial charge in [0.25, 0.3) is 5.92 Å². The molecular weight excluding hydrogens is 296 g/mol. The van der Waals surface area contributed by atoms with Crippen molar-refractivity contribution in [2.45, 2.75) is 76.9 Å². The zero-order valence-electron chi connectivity index (χ0n) is 14.2. The van der Waals surface area contributed by atoms with Crippen molar-refractivity contribution < 1.29 is 13.9 Å². The van der Waals surface area contributed by atoms with Gasteiger partial charge < -0.3 is 10.8 Å². The Labute approximate surface area is 137 Å². The number of halogens is 2. The highest BCUT2D eigenvalue weighted by molar-refractivity contribution is 5.26. The zero-order valence-corrected chi connectivity index (χ0v) is 14.2. The van der Waals surface area contributed by atoms with Gasteiger partial charge in [0, 0.05) is 6.42 Å². The number of alkyl halides is 2. The molecule has 3 fully saturated rings. The van der Waals surface area contributed by atoms with Crippen LogP contribution >= 0.6 is 0 Å². The van der Waals surface area contributed by atoms with Gasteiger partial charge in [0.05, 0.1) is 12.1 Å². The van der Waals surface area contributed by atoms with E-state index in [-0.39, 0.29) is 23.9 Å². The van der Waals surface area contributed by atoms with Gasteiger partial charge in [0.2, 0.25) is 0 Å². The second-order valence-corrected chi connectivity index (χ2v) is 9.14. The lowest BCUT2D eigenvalue weighted by Crippen LogP contribution is -2.53. The van der Waals surface area contributed by atoms with E-state index in [1.54, 1.807) is 0 Å². The second-order valence-electron chi connectivity index (χ2n) is 9.14. The molecule has 0 spiro atoms. The van der Waals surface area contributed by atoms with E-state index in [0.29, 0.717) is 11.8 Å². The molecule has 0 aromatic heterocycles. The van der Waals surface area contributed by atoms with Crippen molar-refractivity contribution in [1.82, 2.24) is 0 Å². The number of aliphatic hydroxyl groups excluding tert-OH is 1. The first-order valence-corrected chi connectivity index (χ1v) is 9.19. The topological polar surface area (TPSA) is 46.2 Å². The monoisotopic (exact) mass is 325 g/mol. The number of fused-ring (bicyclic) bond motifs is 5. The van der Waals surface area contributed by atoms with Crippen LogP contribution in [0.1, 0.15) is 58.8 Å². The summed E-state index contributed by atoms with van der Waals surface area (Å²) in [4.78, 5) is 0. The van der Waals surface area contributed by atoms with Crippen molar-refractivity contribution in [2.24, 2.45) is 34.3 Å². The van der Waals surface area contributed by atoms with E-state index in [2.05, 4.69) is 13.0 Å². The molecule has 0 heterocycles. The van der Waals surface area contributed by atoms with E-state index in [0.717, 1.165) is 38.5 Å². The van der Waals surface area contributed by atoms with Gasteiger partial charge in [-0.05, 0) is 67.1 Å². The van der Waals surface area contributed by atoms with E-state index >= 15 is 0 Å². The molecule has 23 heavy (non-hydrogen) atoms. The summed E-state index contributed by atoms with van der Waals surface area (Å²) in [5.74, 6) is -1.87. The van der Waals surface area contributed by atoms with Crippen LogP contribution in [0.4, 0.5) is 8.78 Å². The molecular formula is C19H29F2NO. The third kappa shape index (κ3) is 2.03. The number of hydrogen-bond donors (Lipinski definition) is 2. The maximum atomic E-state index is 14.4. The number of rotatable bonds is 0. The molecule has 4 aliphatic rings. The molecule has 2 nitrogen and oxygen atoms in total. The maximum absolute atomic E-state index is 14.4. The summed E-state index contributed by atoms with van der Waals surface area (Å²) in [6.45, 7) is 4.32. The van der Waals surface area contributed by atoms with E-state index in [4.69, 9.17) is 5.73 Å². The Hall–Kier alpha value is -0.480. The van der Waals surface area contributed by atoms with E-state index < -0.39 is 17.4 Å². The van der Waals surface area contributed by atoms with Gasteiger partial charge in [0.1, 0.15) is 0 Å². The summed E-state index contributed by atoms with van der Waals surface area (Å²) in [5.41, 5.74) is 7.08. The van der Waals surface area contributed by atoms with Gasteiger partial charge in [-0.3, -0.25) is 0 Å². The van der Waals surface area contributed by atoms with Gasteiger partial charge >= 0.3 is 0 Å². The van der Waals surface area contributed by atoms with Crippen molar-refractivity contribution in [3.8, 4) is 0 Å². The van der Waals surface area contributed by atoms with Gasteiger partial charge in [-0.15, -0.1) is 0 Å². The van der Waals surface area contributed by atoms with Crippen LogP contribution in [0.3, 0.4) is 0 Å². The van der Waals surface area contributed by atoms with Gasteiger partial charge in [-0.1, -0.05) is 25.5 Å². The molecule has 0 amide bonds. The molecule has 0 aliphatic heterocycles. The summed E-state index contributed by atoms with van der Waals surface area (Å²) in [6.07, 6.45) is 7.35. The van der Waals surface area contributed by atoms with Gasteiger partial charge in [-0.25, -0.2) is 8.78 Å². The molecule has 0 aromatic rings. The standard InChI is InChI=1S/C19H29F2NO/c1-17-7-5-12(23)9-11(17)3-4-13-14(17)6-8-18(2)15(13)10-19(20,21)16(18)22/h3,12-16,23H,4-10,22H2,1-2H3/t12?,13-,14-,15+,16?,17+,18+/m1/s1. The molecule has 0 saturated heterocycles. The third-order valence-electron chi connectivity index (χ3n) is 8.17. The summed E-state index contributed by atoms with van der Waals surface area (Å²) in [5, 5.41) is 10.00. The van der Waals surface area contributed by atoms with Gasteiger partial charge in [-0.2, -0.15) is 0 Å². The lowest BCUT2D eigenvalue weighted by atomic mass is 9.48. The lowest BCUT2D eigenvalue weighted by molar-refractivity contribution is -0.0427. The number of allylic oxidation sites excluding steroid dienone is 1. The van der Waals surface area contributed by atoms with E-state index in [1.807, 2.05) is 6.92 Å². The number of nitrogens with two attached hydrogens (primary N) is 1. The minimum atomic E-state index is -2.72. The predicted molar refractivity (Wildman–Crippen MR) is 86.0 cm³/mol. The Morgan fingerprint density at radius 1 is 1.17 bits per heavy atom. The SMILES string of the molecule is C[C@]12CCC(O)CC1=CC[C@@H]1[C@H]2CC[C@]2(C)C(N)C(F)(F)C[C@@H]12. The van der Waals surface area contributed by atoms with Crippen LogP contribution in [0.2, 0.25) is 0 Å². The first-order valence-electron chi connectivity index (χ1n) is 9.19. The second kappa shape index (κ2) is 4.78. The third-order valence-corrected chi connectivity index (χ3v) is 8.17. The normalized spacial score (nSPS) is 54.7. The van der Waals surface area contributed by atoms with Crippen LogP contribution in [0.15, 0.2) is 11.6 Å². The van der Waals surface area contributed by atoms with Crippen LogP contribution < -0.4 is 5.73 Å². The highest BCUT2D eigenvalue weighted by Crippen LogP contribution is 2.66. The summed E-state index contributed by atoms with van der Waals surface area (Å²) < 4.78 is 28.7. The Bertz CT molecular complexity index is 547. The summed E-state index contributed by atoms with van der Waals surface area (Å²) >= 11 is 0. The molecule has 2 unspecified atom stereocenters. The van der Waals surface area contributed by atoms with Crippen LogP contribution in [-0.4, -0.2) is 23.2 Å².